The summed E-state index contributed by atoms with van der Waals surface area (Å²) in [6.45, 7) is 10.9. The lowest BCUT2D eigenvalue weighted by Gasteiger charge is -2.30. The Hall–Kier alpha value is -5.96. The maximum absolute atomic E-state index is 14.8. The highest BCUT2D eigenvalue weighted by Gasteiger charge is 2.43. The Morgan fingerprint density at radius 2 is 1.29 bits per heavy atom. The van der Waals surface area contributed by atoms with Crippen molar-refractivity contribution in [3.8, 4) is 0 Å². The fourth-order valence-electron chi connectivity index (χ4n) is 6.12. The molecule has 0 N–H and O–H groups in total. The average molecular weight is 697 g/mol. The molecule has 1 fully saturated rings. The van der Waals surface area contributed by atoms with Gasteiger partial charge in [0.1, 0.15) is 17.2 Å². The minimum atomic E-state index is -1.02. The van der Waals surface area contributed by atoms with Crippen molar-refractivity contribution in [2.24, 2.45) is 5.10 Å². The van der Waals surface area contributed by atoms with Crippen molar-refractivity contribution >= 4 is 40.8 Å². The molecule has 2 heterocycles. The number of ether oxygens (including phenoxy) is 2. The van der Waals surface area contributed by atoms with Crippen LogP contribution in [0.4, 0.5) is 9.59 Å². The summed E-state index contributed by atoms with van der Waals surface area (Å²) >= 11 is 0. The van der Waals surface area contributed by atoms with E-state index in [1.807, 2.05) is 142 Å². The summed E-state index contributed by atoms with van der Waals surface area (Å²) in [5.74, 6) is -0.538. The van der Waals surface area contributed by atoms with E-state index in [2.05, 4.69) is 0 Å². The summed E-state index contributed by atoms with van der Waals surface area (Å²) in [4.78, 5) is 43.8. The number of rotatable bonds is 8. The molecule has 0 bridgehead atoms. The van der Waals surface area contributed by atoms with Crippen LogP contribution in [0.25, 0.3) is 17.0 Å². The number of hydrogen-bond donors (Lipinski definition) is 0. The van der Waals surface area contributed by atoms with Crippen molar-refractivity contribution in [3.05, 3.63) is 149 Å². The quantitative estimate of drug-likeness (QED) is 0.119. The van der Waals surface area contributed by atoms with Crippen LogP contribution in [0, 0.1) is 0 Å². The Labute approximate surface area is 304 Å². The molecule has 1 atom stereocenters. The molecule has 9 heteroatoms. The van der Waals surface area contributed by atoms with Crippen LogP contribution in [0.1, 0.15) is 63.8 Å². The third-order valence-electron chi connectivity index (χ3n) is 8.28. The molecule has 1 aromatic heterocycles. The molecule has 52 heavy (non-hydrogen) atoms. The van der Waals surface area contributed by atoms with Gasteiger partial charge in [0.25, 0.3) is 0 Å². The highest BCUT2D eigenvalue weighted by atomic mass is 16.6. The molecule has 1 aliphatic heterocycles. The van der Waals surface area contributed by atoms with Gasteiger partial charge in [-0.3, -0.25) is 9.47 Å². The molecule has 4 aromatic carbocycles. The van der Waals surface area contributed by atoms with Crippen LogP contribution >= 0.6 is 0 Å². The van der Waals surface area contributed by atoms with Gasteiger partial charge in [-0.25, -0.2) is 19.4 Å². The number of esters is 1. The van der Waals surface area contributed by atoms with Crippen molar-refractivity contribution in [3.63, 3.8) is 0 Å². The molecule has 1 aliphatic rings. The molecule has 266 valence electrons. The van der Waals surface area contributed by atoms with Gasteiger partial charge in [0.2, 0.25) is 0 Å². The Balaban J connectivity index is 1.52. The first-order valence-electron chi connectivity index (χ1n) is 17.4. The number of aromatic nitrogens is 1. The van der Waals surface area contributed by atoms with Gasteiger partial charge in [-0.1, -0.05) is 109 Å². The zero-order valence-corrected chi connectivity index (χ0v) is 30.4. The molecule has 9 nitrogen and oxygen atoms in total. The van der Waals surface area contributed by atoms with Crippen LogP contribution in [0.2, 0.25) is 0 Å². The molecule has 2 amide bonds. The Bertz CT molecular complexity index is 2080. The average Bonchev–Trinajstić information content (AvgIpc) is 3.62. The van der Waals surface area contributed by atoms with Crippen LogP contribution in [0.5, 0.6) is 0 Å². The molecule has 0 radical (unpaired) electrons. The maximum atomic E-state index is 14.8. The minimum absolute atomic E-state index is 0.0576. The second kappa shape index (κ2) is 14.7. The highest BCUT2D eigenvalue weighted by Crippen LogP contribution is 2.32. The molecule has 1 saturated heterocycles. The standard InChI is InChI=1S/C43H44N4O5/c1-42(2,3)51-39(48)37(26-30-18-10-7-11-19-30)47-34(27-33-28-45(41(50)52-43(4,5)6)36-25-17-16-24-35(33)36)29-46(40(47)49)44-38(31-20-12-8-13-21-31)32-22-14-9-15-23-32/h7-25,27-28,37H,26,29H2,1-6H3/t37-/m1/s1. The maximum Gasteiger partial charge on any atom is 0.419 e. The topological polar surface area (TPSA) is 93.4 Å². The second-order valence-electron chi connectivity index (χ2n) is 14.7. The van der Waals surface area contributed by atoms with Crippen molar-refractivity contribution in [2.75, 3.05) is 6.54 Å². The van der Waals surface area contributed by atoms with Gasteiger partial charge in [-0.15, -0.1) is 0 Å². The number of hydrazone groups is 1. The van der Waals surface area contributed by atoms with Gasteiger partial charge in [-0.2, -0.15) is 5.10 Å². The molecule has 0 unspecified atom stereocenters. The lowest BCUT2D eigenvalue weighted by molar-refractivity contribution is -0.159. The molecular formula is C43H44N4O5. The van der Waals surface area contributed by atoms with Crippen molar-refractivity contribution in [2.45, 2.75) is 65.2 Å². The van der Waals surface area contributed by atoms with Gasteiger partial charge in [0.15, 0.2) is 0 Å². The van der Waals surface area contributed by atoms with Gasteiger partial charge in [0.05, 0.1) is 17.8 Å². The highest BCUT2D eigenvalue weighted by molar-refractivity contribution is 6.13. The molecule has 5 aromatic rings. The number of urea groups is 1. The van der Waals surface area contributed by atoms with E-state index in [-0.39, 0.29) is 13.0 Å². The van der Waals surface area contributed by atoms with Crippen molar-refractivity contribution < 1.29 is 23.9 Å². The van der Waals surface area contributed by atoms with E-state index < -0.39 is 35.3 Å². The Kier molecular flexibility index (Phi) is 10.1. The third kappa shape index (κ3) is 8.32. The predicted molar refractivity (Wildman–Crippen MR) is 204 cm³/mol. The van der Waals surface area contributed by atoms with Crippen LogP contribution in [0.15, 0.2) is 132 Å². The summed E-state index contributed by atoms with van der Waals surface area (Å²) in [6, 6.07) is 34.9. The SMILES string of the molecule is CC(C)(C)OC(=O)[C@@H](Cc1ccccc1)N1C(=O)N(N=C(c2ccccc2)c2ccccc2)CC1=Cc1cn(C(=O)OC(C)(C)C)c2ccccc12. The fourth-order valence-corrected chi connectivity index (χ4v) is 6.12. The smallest absolute Gasteiger partial charge is 0.419 e. The van der Waals surface area contributed by atoms with Gasteiger partial charge in [-0.05, 0) is 59.2 Å². The number of para-hydroxylation sites is 1. The second-order valence-corrected chi connectivity index (χ2v) is 14.7. The first-order chi connectivity index (χ1) is 24.8. The van der Waals surface area contributed by atoms with E-state index >= 15 is 0 Å². The number of nitrogens with zero attached hydrogens (tertiary/aromatic N) is 4. The summed E-state index contributed by atoms with van der Waals surface area (Å²) in [6.07, 6.45) is 3.24. The van der Waals surface area contributed by atoms with Gasteiger partial charge >= 0.3 is 18.1 Å². The van der Waals surface area contributed by atoms with E-state index in [1.54, 1.807) is 27.0 Å². The van der Waals surface area contributed by atoms with Crippen LogP contribution in [0.3, 0.4) is 0 Å². The zero-order valence-electron chi connectivity index (χ0n) is 30.4. The van der Waals surface area contributed by atoms with E-state index in [4.69, 9.17) is 14.6 Å². The lowest BCUT2D eigenvalue weighted by Crippen LogP contribution is -2.46. The van der Waals surface area contributed by atoms with Gasteiger partial charge < -0.3 is 9.47 Å². The summed E-state index contributed by atoms with van der Waals surface area (Å²) < 4.78 is 13.2. The molecular weight excluding hydrogens is 652 g/mol. The van der Waals surface area contributed by atoms with Gasteiger partial charge in [0, 0.05) is 40.4 Å². The third-order valence-corrected chi connectivity index (χ3v) is 8.28. The lowest BCUT2D eigenvalue weighted by atomic mass is 10.0. The summed E-state index contributed by atoms with van der Waals surface area (Å²) in [5, 5.41) is 7.16. The molecule has 0 spiro atoms. The Morgan fingerprint density at radius 1 is 0.750 bits per heavy atom. The molecule has 0 saturated carbocycles. The van der Waals surface area contributed by atoms with E-state index in [9.17, 15) is 14.4 Å². The van der Waals surface area contributed by atoms with Crippen molar-refractivity contribution in [1.29, 1.82) is 0 Å². The molecule has 6 rings (SSSR count). The largest absolute Gasteiger partial charge is 0.458 e. The van der Waals surface area contributed by atoms with Crippen molar-refractivity contribution in [1.82, 2.24) is 14.5 Å². The first-order valence-corrected chi connectivity index (χ1v) is 17.4. The normalized spacial score (nSPS) is 14.8. The summed E-state index contributed by atoms with van der Waals surface area (Å²) in [7, 11) is 0. The fraction of sp³-hybridized carbons (Fsp3) is 0.256. The van der Waals surface area contributed by atoms with E-state index in [1.165, 1.54) is 14.5 Å². The van der Waals surface area contributed by atoms with Crippen LogP contribution in [-0.4, -0.2) is 62.1 Å². The number of benzene rings is 4. The predicted octanol–water partition coefficient (Wildman–Crippen LogP) is 8.91. The van der Waals surface area contributed by atoms with Crippen LogP contribution in [-0.2, 0) is 20.7 Å². The summed E-state index contributed by atoms with van der Waals surface area (Å²) in [5.41, 5.74) is 3.47. The number of fused-ring (bicyclic) bond motifs is 1. The van der Waals surface area contributed by atoms with E-state index in [0.717, 1.165) is 22.1 Å². The Morgan fingerprint density at radius 3 is 1.87 bits per heavy atom. The number of carbonyl (C=O) groups excluding carboxylic acids is 3. The number of amides is 2. The van der Waals surface area contributed by atoms with Crippen LogP contribution < -0.4 is 0 Å². The number of carbonyl (C=O) groups is 3. The number of hydrogen-bond acceptors (Lipinski definition) is 6. The monoisotopic (exact) mass is 696 g/mol. The molecule has 0 aliphatic carbocycles. The first kappa shape index (κ1) is 35.9. The zero-order chi connectivity index (χ0) is 37.0. The van der Waals surface area contributed by atoms with E-state index in [0.29, 0.717) is 22.5 Å². The minimum Gasteiger partial charge on any atom is -0.458 e.